The van der Waals surface area contributed by atoms with Crippen molar-refractivity contribution in [3.8, 4) is 0 Å². The molecule has 1 amide bonds. The molecule has 0 saturated carbocycles. The number of Topliss-reactive ketones (excluding diaryl/α,β-unsaturated/α-hetero) is 1. The minimum absolute atomic E-state index is 0.0147. The predicted octanol–water partition coefficient (Wildman–Crippen LogP) is 5.04. The molecule has 1 atom stereocenters. The lowest BCUT2D eigenvalue weighted by Gasteiger charge is -2.41. The van der Waals surface area contributed by atoms with Gasteiger partial charge in [-0.2, -0.15) is 0 Å². The van der Waals surface area contributed by atoms with Crippen LogP contribution in [0.4, 0.5) is 5.13 Å². The highest BCUT2D eigenvalue weighted by Gasteiger charge is 2.45. The molecule has 28 heavy (non-hydrogen) atoms. The van der Waals surface area contributed by atoms with Gasteiger partial charge in [0.15, 0.2) is 10.1 Å². The fourth-order valence-corrected chi connectivity index (χ4v) is 6.33. The molecular weight excluding hydrogens is 410 g/mol. The van der Waals surface area contributed by atoms with Gasteiger partial charge in [0.2, 0.25) is 11.0 Å². The number of nitrogens with zero attached hydrogens (tertiary/aromatic N) is 3. The molecule has 0 unspecified atom stereocenters. The van der Waals surface area contributed by atoms with Crippen molar-refractivity contribution in [2.75, 3.05) is 10.7 Å². The second-order valence-electron chi connectivity index (χ2n) is 7.75. The molecule has 1 aliphatic carbocycles. The molecule has 1 aliphatic heterocycles. The van der Waals surface area contributed by atoms with Crippen LogP contribution in [0.5, 0.6) is 0 Å². The van der Waals surface area contributed by atoms with E-state index in [-0.39, 0.29) is 23.0 Å². The van der Waals surface area contributed by atoms with Crippen LogP contribution in [0.25, 0.3) is 0 Å². The zero-order chi connectivity index (χ0) is 19.9. The highest BCUT2D eigenvalue weighted by atomic mass is 32.2. The van der Waals surface area contributed by atoms with E-state index in [4.69, 9.17) is 0 Å². The number of allylic oxidation sites excluding steroid dienone is 2. The number of rotatable bonds is 5. The van der Waals surface area contributed by atoms with E-state index in [1.165, 1.54) is 11.3 Å². The van der Waals surface area contributed by atoms with Crippen molar-refractivity contribution in [3.63, 3.8) is 0 Å². The number of aromatic nitrogens is 2. The van der Waals surface area contributed by atoms with Crippen LogP contribution in [-0.4, -0.2) is 27.6 Å². The van der Waals surface area contributed by atoms with Gasteiger partial charge < -0.3 is 0 Å². The van der Waals surface area contributed by atoms with Gasteiger partial charge in [0, 0.05) is 40.7 Å². The molecule has 0 spiro atoms. The van der Waals surface area contributed by atoms with E-state index in [0.717, 1.165) is 26.2 Å². The van der Waals surface area contributed by atoms with Gasteiger partial charge in [-0.15, -0.1) is 28.1 Å². The molecule has 0 fully saturated rings. The van der Waals surface area contributed by atoms with E-state index in [0.29, 0.717) is 24.4 Å². The Labute approximate surface area is 176 Å². The zero-order valence-electron chi connectivity index (χ0n) is 15.8. The summed E-state index contributed by atoms with van der Waals surface area (Å²) in [7, 11) is 0. The summed E-state index contributed by atoms with van der Waals surface area (Å²) in [4.78, 5) is 29.1. The minimum atomic E-state index is -0.184. The van der Waals surface area contributed by atoms with E-state index in [1.54, 1.807) is 28.0 Å². The molecule has 0 bridgehead atoms. The summed E-state index contributed by atoms with van der Waals surface area (Å²) in [6.45, 7) is 7.88. The Bertz CT molecular complexity index is 959. The molecular formula is C20H21N3O2S3. The number of ketones is 1. The lowest BCUT2D eigenvalue weighted by molar-refractivity contribution is -0.120. The van der Waals surface area contributed by atoms with Crippen LogP contribution in [-0.2, 0) is 9.59 Å². The van der Waals surface area contributed by atoms with Crippen LogP contribution in [0, 0.1) is 5.41 Å². The first-order valence-corrected chi connectivity index (χ1v) is 11.8. The monoisotopic (exact) mass is 431 g/mol. The van der Waals surface area contributed by atoms with Crippen molar-refractivity contribution in [2.24, 2.45) is 5.41 Å². The van der Waals surface area contributed by atoms with Gasteiger partial charge >= 0.3 is 0 Å². The number of amides is 1. The van der Waals surface area contributed by atoms with Gasteiger partial charge in [0.05, 0.1) is 0 Å². The van der Waals surface area contributed by atoms with Crippen molar-refractivity contribution in [3.05, 3.63) is 46.3 Å². The third-order valence-corrected chi connectivity index (χ3v) is 7.96. The average molecular weight is 432 g/mol. The third kappa shape index (κ3) is 3.60. The van der Waals surface area contributed by atoms with Gasteiger partial charge in [-0.1, -0.05) is 49.1 Å². The maximum Gasteiger partial charge on any atom is 0.234 e. The topological polar surface area (TPSA) is 63.2 Å². The summed E-state index contributed by atoms with van der Waals surface area (Å²) < 4.78 is 0.798. The number of carbonyl (C=O) groups is 2. The number of hydrogen-bond acceptors (Lipinski definition) is 7. The second kappa shape index (κ2) is 7.57. The Hall–Kier alpha value is -1.77. The zero-order valence-corrected chi connectivity index (χ0v) is 18.3. The Morgan fingerprint density at radius 2 is 2.18 bits per heavy atom. The van der Waals surface area contributed by atoms with Crippen molar-refractivity contribution in [1.29, 1.82) is 0 Å². The summed E-state index contributed by atoms with van der Waals surface area (Å²) in [6.07, 6.45) is 3.29. The summed E-state index contributed by atoms with van der Waals surface area (Å²) in [5.74, 6) is 0.722. The lowest BCUT2D eigenvalue weighted by Crippen LogP contribution is -2.43. The number of thiophene rings is 1. The number of thioether (sulfide) groups is 1. The van der Waals surface area contributed by atoms with Crippen molar-refractivity contribution < 1.29 is 9.59 Å². The maximum absolute atomic E-state index is 13.2. The van der Waals surface area contributed by atoms with Gasteiger partial charge in [0.1, 0.15) is 0 Å². The van der Waals surface area contributed by atoms with E-state index in [1.807, 2.05) is 23.6 Å². The highest BCUT2D eigenvalue weighted by molar-refractivity contribution is 8.01. The number of hydrogen-bond donors (Lipinski definition) is 0. The standard InChI is InChI=1S/C20H21N3O2S3/c1-4-7-27-19-22-21-18(28-19)23-13-10-20(2,3)11-14(24)17(13)12(9-16(23)25)15-6-5-8-26-15/h4-6,8,12H,1,7,9-11H2,2-3H3/t12-/m0/s1. The van der Waals surface area contributed by atoms with Gasteiger partial charge in [-0.25, -0.2) is 0 Å². The molecule has 5 nitrogen and oxygen atoms in total. The Morgan fingerprint density at radius 1 is 1.36 bits per heavy atom. The molecule has 0 radical (unpaired) electrons. The Balaban J connectivity index is 1.80. The normalized spacial score (nSPS) is 21.8. The van der Waals surface area contributed by atoms with Crippen LogP contribution >= 0.6 is 34.4 Å². The molecule has 4 rings (SSSR count). The highest BCUT2D eigenvalue weighted by Crippen LogP contribution is 2.49. The first-order valence-electron chi connectivity index (χ1n) is 9.09. The van der Waals surface area contributed by atoms with Crippen molar-refractivity contribution >= 4 is 51.3 Å². The van der Waals surface area contributed by atoms with Crippen LogP contribution < -0.4 is 4.90 Å². The van der Waals surface area contributed by atoms with Gasteiger partial charge in [-0.05, 0) is 23.3 Å². The summed E-state index contributed by atoms with van der Waals surface area (Å²) in [5.41, 5.74) is 1.42. The second-order valence-corrected chi connectivity index (χ2v) is 11.0. The molecule has 3 heterocycles. The van der Waals surface area contributed by atoms with Gasteiger partial charge in [0.25, 0.3) is 0 Å². The SMILES string of the molecule is C=CCSc1nnc(N2C(=O)C[C@@H](c3cccs3)C3=C2CC(C)(C)CC3=O)s1. The number of carbonyl (C=O) groups excluding carboxylic acids is 2. The Kier molecular flexibility index (Phi) is 5.28. The van der Waals surface area contributed by atoms with Crippen molar-refractivity contribution in [1.82, 2.24) is 10.2 Å². The van der Waals surface area contributed by atoms with E-state index < -0.39 is 0 Å². The lowest BCUT2D eigenvalue weighted by atomic mass is 9.70. The largest absolute Gasteiger partial charge is 0.294 e. The summed E-state index contributed by atoms with van der Waals surface area (Å²) in [5, 5.41) is 11.0. The number of anilines is 1. The van der Waals surface area contributed by atoms with Crippen LogP contribution in [0.3, 0.4) is 0 Å². The van der Waals surface area contributed by atoms with Crippen LogP contribution in [0.15, 0.2) is 45.8 Å². The summed E-state index contributed by atoms with van der Waals surface area (Å²) in [6, 6.07) is 3.99. The summed E-state index contributed by atoms with van der Waals surface area (Å²) >= 11 is 4.54. The van der Waals surface area contributed by atoms with Crippen LogP contribution in [0.2, 0.25) is 0 Å². The maximum atomic E-state index is 13.2. The molecule has 2 aliphatic rings. The molecule has 8 heteroatoms. The quantitative estimate of drug-likeness (QED) is 0.377. The van der Waals surface area contributed by atoms with E-state index >= 15 is 0 Å². The first kappa shape index (κ1) is 19.5. The fourth-order valence-electron chi connectivity index (χ4n) is 3.85. The van der Waals surface area contributed by atoms with E-state index in [2.05, 4.69) is 30.6 Å². The first-order chi connectivity index (χ1) is 13.4. The predicted molar refractivity (Wildman–Crippen MR) is 115 cm³/mol. The minimum Gasteiger partial charge on any atom is -0.294 e. The molecule has 2 aromatic heterocycles. The third-order valence-electron chi connectivity index (χ3n) is 4.94. The Morgan fingerprint density at radius 3 is 2.89 bits per heavy atom. The van der Waals surface area contributed by atoms with E-state index in [9.17, 15) is 9.59 Å². The average Bonchev–Trinajstić information content (AvgIpc) is 3.30. The molecule has 2 aromatic rings. The molecule has 0 aromatic carbocycles. The molecule has 0 N–H and O–H groups in total. The molecule has 0 saturated heterocycles. The molecule has 146 valence electrons. The smallest absolute Gasteiger partial charge is 0.234 e. The fraction of sp³-hybridized carbons (Fsp3) is 0.400. The van der Waals surface area contributed by atoms with Gasteiger partial charge in [-0.3, -0.25) is 14.5 Å². The van der Waals surface area contributed by atoms with Crippen LogP contribution in [0.1, 0.15) is 43.9 Å². The van der Waals surface area contributed by atoms with Crippen molar-refractivity contribution in [2.45, 2.75) is 43.4 Å².